The molecule has 2 heterocycles. The fraction of sp³-hybridized carbons (Fsp3) is 0.481. The maximum atomic E-state index is 13.7. The molecule has 0 bridgehead atoms. The molecule has 1 fully saturated rings. The fourth-order valence-corrected chi connectivity index (χ4v) is 5.11. The van der Waals surface area contributed by atoms with E-state index >= 15 is 0 Å². The van der Waals surface area contributed by atoms with Gasteiger partial charge in [0.15, 0.2) is 5.13 Å². The average molecular weight is 482 g/mol. The van der Waals surface area contributed by atoms with Gasteiger partial charge in [0.25, 0.3) is 5.91 Å². The minimum Gasteiger partial charge on any atom is -0.494 e. The minimum atomic E-state index is -0.00785. The zero-order chi connectivity index (χ0) is 24.1. The van der Waals surface area contributed by atoms with Crippen LogP contribution < -0.4 is 9.64 Å². The highest BCUT2D eigenvalue weighted by Gasteiger charge is 2.23. The molecule has 0 N–H and O–H groups in total. The van der Waals surface area contributed by atoms with Crippen molar-refractivity contribution in [3.05, 3.63) is 53.6 Å². The minimum absolute atomic E-state index is 0.00785. The van der Waals surface area contributed by atoms with E-state index in [1.165, 1.54) is 5.56 Å². The van der Waals surface area contributed by atoms with Gasteiger partial charge in [-0.05, 0) is 54.7 Å². The van der Waals surface area contributed by atoms with Crippen molar-refractivity contribution in [1.29, 1.82) is 0 Å². The standard InChI is InChI=1S/C27H35N3O3S/c1-5-33-22-11-12-23-24(19-22)34-26(28-23)30(14-6-13-29-15-17-32-18-16-29)25(31)20-7-9-21(10-8-20)27(2,3)4/h7-12,19H,5-6,13-18H2,1-4H3. The number of rotatable bonds is 8. The van der Waals surface area contributed by atoms with Crippen molar-refractivity contribution < 1.29 is 14.3 Å². The van der Waals surface area contributed by atoms with E-state index in [2.05, 4.69) is 37.8 Å². The number of carbonyl (C=O) groups excluding carboxylic acids is 1. The highest BCUT2D eigenvalue weighted by molar-refractivity contribution is 7.22. The highest BCUT2D eigenvalue weighted by atomic mass is 32.1. The van der Waals surface area contributed by atoms with Gasteiger partial charge in [0.2, 0.25) is 0 Å². The number of hydrogen-bond donors (Lipinski definition) is 0. The van der Waals surface area contributed by atoms with Gasteiger partial charge in [0, 0.05) is 31.7 Å². The summed E-state index contributed by atoms with van der Waals surface area (Å²) in [6.07, 6.45) is 0.881. The van der Waals surface area contributed by atoms with Crippen LogP contribution in [0.4, 0.5) is 5.13 Å². The fourth-order valence-electron chi connectivity index (χ4n) is 4.09. The number of amides is 1. The summed E-state index contributed by atoms with van der Waals surface area (Å²) in [4.78, 5) is 22.7. The summed E-state index contributed by atoms with van der Waals surface area (Å²) in [5.74, 6) is 0.819. The number of hydrogen-bond acceptors (Lipinski definition) is 6. The van der Waals surface area contributed by atoms with Crippen LogP contribution in [0.2, 0.25) is 0 Å². The van der Waals surface area contributed by atoms with Crippen LogP contribution in [-0.2, 0) is 10.2 Å². The maximum absolute atomic E-state index is 13.7. The quantitative estimate of drug-likeness (QED) is 0.433. The number of thiazole rings is 1. The number of anilines is 1. The molecule has 182 valence electrons. The lowest BCUT2D eigenvalue weighted by atomic mass is 9.86. The predicted octanol–water partition coefficient (Wildman–Crippen LogP) is 5.36. The van der Waals surface area contributed by atoms with E-state index in [1.54, 1.807) is 11.3 Å². The van der Waals surface area contributed by atoms with Crippen LogP contribution in [0.15, 0.2) is 42.5 Å². The van der Waals surface area contributed by atoms with Crippen LogP contribution in [0.3, 0.4) is 0 Å². The first-order valence-corrected chi connectivity index (χ1v) is 12.9. The predicted molar refractivity (Wildman–Crippen MR) is 139 cm³/mol. The third-order valence-corrected chi connectivity index (χ3v) is 7.13. The molecule has 0 saturated carbocycles. The van der Waals surface area contributed by atoms with Crippen molar-refractivity contribution in [1.82, 2.24) is 9.88 Å². The Bertz CT molecular complexity index is 1100. The monoisotopic (exact) mass is 481 g/mol. The average Bonchev–Trinajstić information content (AvgIpc) is 3.25. The molecule has 3 aromatic rings. The van der Waals surface area contributed by atoms with Crippen molar-refractivity contribution in [3.8, 4) is 5.75 Å². The Labute approximate surface area is 206 Å². The van der Waals surface area contributed by atoms with Crippen LogP contribution >= 0.6 is 11.3 Å². The van der Waals surface area contributed by atoms with E-state index in [-0.39, 0.29) is 11.3 Å². The summed E-state index contributed by atoms with van der Waals surface area (Å²) in [6, 6.07) is 13.9. The lowest BCUT2D eigenvalue weighted by Gasteiger charge is -2.28. The highest BCUT2D eigenvalue weighted by Crippen LogP contribution is 2.33. The number of ether oxygens (including phenoxy) is 2. The normalized spacial score (nSPS) is 14.9. The van der Waals surface area contributed by atoms with E-state index in [0.29, 0.717) is 18.7 Å². The van der Waals surface area contributed by atoms with E-state index < -0.39 is 0 Å². The molecule has 1 aliphatic rings. The molecule has 7 heteroatoms. The van der Waals surface area contributed by atoms with Gasteiger partial charge < -0.3 is 9.47 Å². The molecule has 0 spiro atoms. The Morgan fingerprint density at radius 2 is 1.88 bits per heavy atom. The second kappa shape index (κ2) is 10.8. The molecule has 0 unspecified atom stereocenters. The van der Waals surface area contributed by atoms with Crippen LogP contribution in [0.25, 0.3) is 10.2 Å². The molecule has 0 atom stereocenters. The van der Waals surface area contributed by atoms with Crippen molar-refractivity contribution in [2.24, 2.45) is 0 Å². The third-order valence-electron chi connectivity index (χ3n) is 6.09. The smallest absolute Gasteiger partial charge is 0.260 e. The molecular formula is C27H35N3O3S. The first-order chi connectivity index (χ1) is 16.3. The molecule has 0 aliphatic carbocycles. The van der Waals surface area contributed by atoms with Crippen LogP contribution in [0.5, 0.6) is 5.75 Å². The van der Waals surface area contributed by atoms with Crippen molar-refractivity contribution >= 4 is 32.6 Å². The van der Waals surface area contributed by atoms with Gasteiger partial charge in [-0.2, -0.15) is 0 Å². The number of benzene rings is 2. The van der Waals surface area contributed by atoms with Gasteiger partial charge >= 0.3 is 0 Å². The summed E-state index contributed by atoms with van der Waals surface area (Å²) < 4.78 is 12.1. The van der Waals surface area contributed by atoms with Gasteiger partial charge in [0.1, 0.15) is 5.75 Å². The van der Waals surface area contributed by atoms with Gasteiger partial charge in [-0.25, -0.2) is 4.98 Å². The molecular weight excluding hydrogens is 446 g/mol. The van der Waals surface area contributed by atoms with Crippen LogP contribution in [-0.4, -0.2) is 61.8 Å². The Morgan fingerprint density at radius 1 is 1.15 bits per heavy atom. The Hall–Kier alpha value is -2.48. The SMILES string of the molecule is CCOc1ccc2nc(N(CCCN3CCOCC3)C(=O)c3ccc(C(C)(C)C)cc3)sc2c1. The second-order valence-corrected chi connectivity index (χ2v) is 10.7. The molecule has 1 aliphatic heterocycles. The summed E-state index contributed by atoms with van der Waals surface area (Å²) in [5, 5.41) is 0.732. The number of fused-ring (bicyclic) bond motifs is 1. The molecule has 1 aromatic heterocycles. The van der Waals surface area contributed by atoms with Crippen LogP contribution in [0, 0.1) is 0 Å². The first-order valence-electron chi connectivity index (χ1n) is 12.1. The zero-order valence-electron chi connectivity index (χ0n) is 20.7. The summed E-state index contributed by atoms with van der Waals surface area (Å²) in [7, 11) is 0. The van der Waals surface area contributed by atoms with Crippen molar-refractivity contribution in [2.75, 3.05) is 50.9 Å². The maximum Gasteiger partial charge on any atom is 0.260 e. The van der Waals surface area contributed by atoms with E-state index in [4.69, 9.17) is 14.5 Å². The summed E-state index contributed by atoms with van der Waals surface area (Å²) >= 11 is 1.54. The number of carbonyl (C=O) groups is 1. The Kier molecular flexibility index (Phi) is 7.86. The van der Waals surface area contributed by atoms with Gasteiger partial charge in [-0.15, -0.1) is 0 Å². The van der Waals surface area contributed by atoms with E-state index in [0.717, 1.165) is 60.4 Å². The lowest BCUT2D eigenvalue weighted by molar-refractivity contribution is 0.0376. The molecule has 1 saturated heterocycles. The molecule has 2 aromatic carbocycles. The van der Waals surface area contributed by atoms with E-state index in [9.17, 15) is 4.79 Å². The Balaban J connectivity index is 1.58. The van der Waals surface area contributed by atoms with Crippen molar-refractivity contribution in [3.63, 3.8) is 0 Å². The van der Waals surface area contributed by atoms with Crippen molar-refractivity contribution in [2.45, 2.75) is 39.5 Å². The molecule has 1 amide bonds. The third kappa shape index (κ3) is 5.95. The molecule has 6 nitrogen and oxygen atoms in total. The number of morpholine rings is 1. The van der Waals surface area contributed by atoms with E-state index in [1.807, 2.05) is 42.2 Å². The van der Waals surface area contributed by atoms with Crippen LogP contribution in [0.1, 0.15) is 50.0 Å². The lowest BCUT2D eigenvalue weighted by Crippen LogP contribution is -2.39. The zero-order valence-corrected chi connectivity index (χ0v) is 21.5. The van der Waals surface area contributed by atoms with Gasteiger partial charge in [0.05, 0.1) is 30.0 Å². The largest absolute Gasteiger partial charge is 0.494 e. The number of nitrogens with zero attached hydrogens (tertiary/aromatic N) is 3. The Morgan fingerprint density at radius 3 is 2.56 bits per heavy atom. The van der Waals surface area contributed by atoms with Gasteiger partial charge in [-0.3, -0.25) is 14.6 Å². The molecule has 34 heavy (non-hydrogen) atoms. The van der Waals surface area contributed by atoms with Gasteiger partial charge in [-0.1, -0.05) is 44.2 Å². The molecule has 4 rings (SSSR count). The topological polar surface area (TPSA) is 54.9 Å². The summed E-state index contributed by atoms with van der Waals surface area (Å²) in [6.45, 7) is 14.2. The summed E-state index contributed by atoms with van der Waals surface area (Å²) in [5.41, 5.74) is 2.84. The first kappa shape index (κ1) is 24.6. The molecule has 0 radical (unpaired) electrons. The number of aromatic nitrogens is 1. The second-order valence-electron chi connectivity index (χ2n) is 9.65.